The van der Waals surface area contributed by atoms with Crippen molar-refractivity contribution >= 4 is 0 Å². The average molecular weight is 329 g/mol. The van der Waals surface area contributed by atoms with E-state index in [1.807, 2.05) is 30.3 Å². The van der Waals surface area contributed by atoms with Gasteiger partial charge in [0.15, 0.2) is 11.5 Å². The lowest BCUT2D eigenvalue weighted by molar-refractivity contribution is 0.173. The Kier molecular flexibility index (Phi) is 4.26. The fraction of sp³-hybridized carbons (Fsp3) is 0.368. The molecule has 2 aromatic carbocycles. The van der Waals surface area contributed by atoms with Gasteiger partial charge in [-0.15, -0.1) is 0 Å². The second-order valence-electron chi connectivity index (χ2n) is 6.33. The van der Waals surface area contributed by atoms with Crippen LogP contribution in [0.1, 0.15) is 17.9 Å². The predicted octanol–water partition coefficient (Wildman–Crippen LogP) is 3.33. The smallest absolute Gasteiger partial charge is 0.231 e. The quantitative estimate of drug-likeness (QED) is 0.934. The van der Waals surface area contributed by atoms with E-state index in [0.29, 0.717) is 18.4 Å². The molecular formula is C19H20FNO3. The van der Waals surface area contributed by atoms with Crippen LogP contribution >= 0.6 is 0 Å². The van der Waals surface area contributed by atoms with E-state index >= 15 is 0 Å². The summed E-state index contributed by atoms with van der Waals surface area (Å²) in [5, 5.41) is 3.46. The largest absolute Gasteiger partial charge is 0.493 e. The molecule has 1 saturated heterocycles. The van der Waals surface area contributed by atoms with E-state index in [1.54, 1.807) is 0 Å². The molecule has 2 aliphatic heterocycles. The Morgan fingerprint density at radius 1 is 1.04 bits per heavy atom. The molecule has 0 spiro atoms. The minimum Gasteiger partial charge on any atom is -0.493 e. The second kappa shape index (κ2) is 6.69. The highest BCUT2D eigenvalue weighted by atomic mass is 19.1. The molecule has 5 heteroatoms. The van der Waals surface area contributed by atoms with Crippen LogP contribution in [0.15, 0.2) is 42.5 Å². The number of hydrogen-bond acceptors (Lipinski definition) is 4. The number of hydrogen-bond donors (Lipinski definition) is 1. The normalized spacial score (nSPS) is 22.4. The van der Waals surface area contributed by atoms with E-state index in [2.05, 4.69) is 5.32 Å². The van der Waals surface area contributed by atoms with Crippen molar-refractivity contribution in [1.29, 1.82) is 0 Å². The summed E-state index contributed by atoms with van der Waals surface area (Å²) in [7, 11) is 0. The molecule has 0 radical (unpaired) electrons. The summed E-state index contributed by atoms with van der Waals surface area (Å²) in [6, 6.07) is 12.5. The highest BCUT2D eigenvalue weighted by molar-refractivity contribution is 5.46. The van der Waals surface area contributed by atoms with Gasteiger partial charge in [-0.05, 0) is 42.2 Å². The molecule has 4 rings (SSSR count). The van der Waals surface area contributed by atoms with Gasteiger partial charge in [0.2, 0.25) is 6.79 Å². The highest BCUT2D eigenvalue weighted by Gasteiger charge is 2.24. The number of piperidine rings is 1. The molecule has 1 N–H and O–H groups in total. The first-order chi connectivity index (χ1) is 11.8. The van der Waals surface area contributed by atoms with Crippen LogP contribution in [0.4, 0.5) is 4.39 Å². The average Bonchev–Trinajstić information content (AvgIpc) is 3.08. The minimum atomic E-state index is -0.190. The zero-order valence-electron chi connectivity index (χ0n) is 13.3. The molecule has 0 aromatic heterocycles. The Morgan fingerprint density at radius 3 is 2.75 bits per heavy atom. The molecular weight excluding hydrogens is 309 g/mol. The van der Waals surface area contributed by atoms with Crippen molar-refractivity contribution in [1.82, 2.24) is 5.32 Å². The second-order valence-corrected chi connectivity index (χ2v) is 6.33. The molecule has 2 atom stereocenters. The molecule has 0 aliphatic carbocycles. The summed E-state index contributed by atoms with van der Waals surface area (Å²) in [5.41, 5.74) is 1.18. The lowest BCUT2D eigenvalue weighted by Gasteiger charge is -2.30. The van der Waals surface area contributed by atoms with E-state index in [1.165, 1.54) is 17.7 Å². The number of benzene rings is 2. The highest BCUT2D eigenvalue weighted by Crippen LogP contribution is 2.35. The van der Waals surface area contributed by atoms with Gasteiger partial charge in [-0.25, -0.2) is 4.39 Å². The van der Waals surface area contributed by atoms with Crippen molar-refractivity contribution in [3.05, 3.63) is 53.8 Å². The number of halogens is 1. The van der Waals surface area contributed by atoms with Gasteiger partial charge >= 0.3 is 0 Å². The lowest BCUT2D eigenvalue weighted by Crippen LogP contribution is -2.37. The molecule has 0 saturated carbocycles. The molecule has 2 heterocycles. The molecule has 126 valence electrons. The summed E-state index contributed by atoms with van der Waals surface area (Å²) in [4.78, 5) is 0. The number of rotatable bonds is 4. The standard InChI is InChI=1S/C19H20FNO3/c20-16-3-1-14(2-4-16)15-7-13(9-21-10-15)11-22-17-5-6-18-19(8-17)24-12-23-18/h1-6,8,13,15,21H,7,9-12H2. The first-order valence-electron chi connectivity index (χ1n) is 8.26. The van der Waals surface area contributed by atoms with Crippen LogP contribution in [-0.2, 0) is 0 Å². The molecule has 2 aromatic rings. The van der Waals surface area contributed by atoms with E-state index in [0.717, 1.165) is 36.8 Å². The SMILES string of the molecule is Fc1ccc(C2CNCC(COc3ccc4c(c3)OCO4)C2)cc1. The van der Waals surface area contributed by atoms with Crippen molar-refractivity contribution in [2.45, 2.75) is 12.3 Å². The van der Waals surface area contributed by atoms with E-state index in [9.17, 15) is 4.39 Å². The van der Waals surface area contributed by atoms with Gasteiger partial charge in [0.25, 0.3) is 0 Å². The van der Waals surface area contributed by atoms with Crippen molar-refractivity contribution in [3.8, 4) is 17.2 Å². The maximum Gasteiger partial charge on any atom is 0.231 e. The van der Waals surface area contributed by atoms with E-state index < -0.39 is 0 Å². The van der Waals surface area contributed by atoms with Gasteiger partial charge < -0.3 is 19.5 Å². The van der Waals surface area contributed by atoms with Crippen molar-refractivity contribution in [3.63, 3.8) is 0 Å². The summed E-state index contributed by atoms with van der Waals surface area (Å²) in [6.45, 7) is 2.77. The van der Waals surface area contributed by atoms with Gasteiger partial charge in [0.05, 0.1) is 6.61 Å². The molecule has 2 unspecified atom stereocenters. The Morgan fingerprint density at radius 2 is 1.88 bits per heavy atom. The van der Waals surface area contributed by atoms with Crippen LogP contribution in [0.25, 0.3) is 0 Å². The monoisotopic (exact) mass is 329 g/mol. The van der Waals surface area contributed by atoms with Gasteiger partial charge in [-0.3, -0.25) is 0 Å². The third-order valence-electron chi connectivity index (χ3n) is 4.61. The molecule has 4 nitrogen and oxygen atoms in total. The fourth-order valence-electron chi connectivity index (χ4n) is 3.33. The molecule has 1 fully saturated rings. The van der Waals surface area contributed by atoms with E-state index in [4.69, 9.17) is 14.2 Å². The number of nitrogens with one attached hydrogen (secondary N) is 1. The fourth-order valence-corrected chi connectivity index (χ4v) is 3.33. The zero-order valence-corrected chi connectivity index (χ0v) is 13.3. The lowest BCUT2D eigenvalue weighted by atomic mass is 9.86. The maximum absolute atomic E-state index is 13.1. The Labute approximate surface area is 140 Å². The zero-order chi connectivity index (χ0) is 16.4. The van der Waals surface area contributed by atoms with Crippen LogP contribution in [0.2, 0.25) is 0 Å². The Bertz CT molecular complexity index is 704. The first-order valence-corrected chi connectivity index (χ1v) is 8.26. The minimum absolute atomic E-state index is 0.190. The molecule has 24 heavy (non-hydrogen) atoms. The predicted molar refractivity (Wildman–Crippen MR) is 88.2 cm³/mol. The van der Waals surface area contributed by atoms with Gasteiger partial charge in [0, 0.05) is 25.1 Å². The Balaban J connectivity index is 1.35. The van der Waals surface area contributed by atoms with Crippen LogP contribution in [0.3, 0.4) is 0 Å². The molecule has 0 bridgehead atoms. The van der Waals surface area contributed by atoms with Gasteiger partial charge in [-0.2, -0.15) is 0 Å². The first kappa shape index (κ1) is 15.3. The summed E-state index contributed by atoms with van der Waals surface area (Å²) in [6.07, 6.45) is 1.03. The third kappa shape index (κ3) is 3.31. The van der Waals surface area contributed by atoms with Crippen molar-refractivity contribution in [2.75, 3.05) is 26.5 Å². The number of fused-ring (bicyclic) bond motifs is 1. The third-order valence-corrected chi connectivity index (χ3v) is 4.61. The van der Waals surface area contributed by atoms with Crippen LogP contribution in [-0.4, -0.2) is 26.5 Å². The van der Waals surface area contributed by atoms with Crippen molar-refractivity contribution in [2.24, 2.45) is 5.92 Å². The van der Waals surface area contributed by atoms with E-state index in [-0.39, 0.29) is 12.6 Å². The van der Waals surface area contributed by atoms with Crippen LogP contribution in [0, 0.1) is 11.7 Å². The molecule has 0 amide bonds. The molecule has 2 aliphatic rings. The maximum atomic E-state index is 13.1. The summed E-state index contributed by atoms with van der Waals surface area (Å²) < 4.78 is 29.7. The topological polar surface area (TPSA) is 39.7 Å². The summed E-state index contributed by atoms with van der Waals surface area (Å²) >= 11 is 0. The Hall–Kier alpha value is -2.27. The summed E-state index contributed by atoms with van der Waals surface area (Å²) in [5.74, 6) is 2.91. The van der Waals surface area contributed by atoms with Crippen LogP contribution < -0.4 is 19.5 Å². The van der Waals surface area contributed by atoms with Gasteiger partial charge in [0.1, 0.15) is 11.6 Å². The van der Waals surface area contributed by atoms with Gasteiger partial charge in [-0.1, -0.05) is 12.1 Å². The van der Waals surface area contributed by atoms with Crippen molar-refractivity contribution < 1.29 is 18.6 Å². The number of ether oxygens (including phenoxy) is 3. The van der Waals surface area contributed by atoms with Crippen LogP contribution in [0.5, 0.6) is 17.2 Å².